The van der Waals surface area contributed by atoms with Crippen molar-refractivity contribution < 1.29 is 17.5 Å². The fourth-order valence-electron chi connectivity index (χ4n) is 2.55. The van der Waals surface area contributed by atoms with Crippen molar-refractivity contribution in [3.05, 3.63) is 28.5 Å². The molecule has 0 aliphatic carbocycles. The summed E-state index contributed by atoms with van der Waals surface area (Å²) in [5, 5.41) is 0. The average molecular weight is 409 g/mol. The third kappa shape index (κ3) is 5.49. The van der Waals surface area contributed by atoms with E-state index < -0.39 is 15.8 Å². The van der Waals surface area contributed by atoms with Crippen molar-refractivity contribution >= 4 is 26.0 Å². The van der Waals surface area contributed by atoms with Crippen LogP contribution in [0.5, 0.6) is 0 Å². The Labute approximate surface area is 145 Å². The maximum atomic E-state index is 13.8. The summed E-state index contributed by atoms with van der Waals surface area (Å²) in [6.45, 7) is 7.45. The van der Waals surface area contributed by atoms with E-state index in [4.69, 9.17) is 4.74 Å². The lowest BCUT2D eigenvalue weighted by Crippen LogP contribution is -2.48. The summed E-state index contributed by atoms with van der Waals surface area (Å²) in [7, 11) is -3.91. The number of morpholine rings is 1. The Balaban J connectivity index is 1.97. The smallest absolute Gasteiger partial charge is 0.243 e. The molecule has 1 aliphatic rings. The van der Waals surface area contributed by atoms with Gasteiger partial charge in [0.05, 0.1) is 12.7 Å². The first-order chi connectivity index (χ1) is 10.8. The van der Waals surface area contributed by atoms with Gasteiger partial charge in [-0.2, -0.15) is 0 Å². The van der Waals surface area contributed by atoms with E-state index in [1.54, 1.807) is 0 Å². The third-order valence-corrected chi connectivity index (χ3v) is 5.46. The molecule has 5 nitrogen and oxygen atoms in total. The summed E-state index contributed by atoms with van der Waals surface area (Å²) in [5.41, 5.74) is 0. The highest BCUT2D eigenvalue weighted by molar-refractivity contribution is 9.10. The Bertz CT molecular complexity index is 640. The van der Waals surface area contributed by atoms with Crippen molar-refractivity contribution in [1.29, 1.82) is 0 Å². The highest BCUT2D eigenvalue weighted by atomic mass is 79.9. The SMILES string of the molecule is CC(C)CN1CCOC(CNS(=O)(=O)c2cc(Br)ccc2F)C1. The van der Waals surface area contributed by atoms with Crippen molar-refractivity contribution in [3.8, 4) is 0 Å². The van der Waals surface area contributed by atoms with Gasteiger partial charge in [-0.25, -0.2) is 17.5 Å². The van der Waals surface area contributed by atoms with Crippen LogP contribution in [-0.4, -0.2) is 52.2 Å². The monoisotopic (exact) mass is 408 g/mol. The highest BCUT2D eigenvalue weighted by Crippen LogP contribution is 2.20. The Morgan fingerprint density at radius 1 is 1.48 bits per heavy atom. The molecule has 130 valence electrons. The molecule has 1 aromatic carbocycles. The molecule has 1 heterocycles. The predicted octanol–water partition coefficient (Wildman–Crippen LogP) is 2.22. The van der Waals surface area contributed by atoms with Gasteiger partial charge in [-0.3, -0.25) is 4.90 Å². The van der Waals surface area contributed by atoms with Gasteiger partial charge in [-0.1, -0.05) is 29.8 Å². The quantitative estimate of drug-likeness (QED) is 0.783. The van der Waals surface area contributed by atoms with Crippen molar-refractivity contribution in [3.63, 3.8) is 0 Å². The van der Waals surface area contributed by atoms with Crippen LogP contribution in [0, 0.1) is 11.7 Å². The minimum absolute atomic E-state index is 0.128. The lowest BCUT2D eigenvalue weighted by molar-refractivity contribution is -0.0280. The lowest BCUT2D eigenvalue weighted by atomic mass is 10.2. The first-order valence-electron chi connectivity index (χ1n) is 7.56. The number of hydrogen-bond donors (Lipinski definition) is 1. The second kappa shape index (κ2) is 8.02. The van der Waals surface area contributed by atoms with E-state index in [-0.39, 0.29) is 17.5 Å². The van der Waals surface area contributed by atoms with E-state index in [9.17, 15) is 12.8 Å². The normalized spacial score (nSPS) is 20.1. The van der Waals surface area contributed by atoms with Crippen LogP contribution < -0.4 is 4.72 Å². The van der Waals surface area contributed by atoms with Gasteiger partial charge in [-0.05, 0) is 24.1 Å². The first-order valence-corrected chi connectivity index (χ1v) is 9.84. The van der Waals surface area contributed by atoms with Crippen LogP contribution in [0.1, 0.15) is 13.8 Å². The zero-order valence-electron chi connectivity index (χ0n) is 13.3. The molecule has 1 N–H and O–H groups in total. The Kier molecular flexibility index (Phi) is 6.56. The minimum Gasteiger partial charge on any atom is -0.374 e. The molecule has 1 atom stereocenters. The first kappa shape index (κ1) is 18.8. The van der Waals surface area contributed by atoms with Crippen LogP contribution >= 0.6 is 15.9 Å². The number of nitrogens with zero attached hydrogens (tertiary/aromatic N) is 1. The van der Waals surface area contributed by atoms with Gasteiger partial charge in [0.2, 0.25) is 10.0 Å². The van der Waals surface area contributed by atoms with E-state index in [0.29, 0.717) is 23.5 Å². The molecule has 0 aromatic heterocycles. The molecule has 0 spiro atoms. The Morgan fingerprint density at radius 3 is 2.91 bits per heavy atom. The van der Waals surface area contributed by atoms with Crippen molar-refractivity contribution in [2.24, 2.45) is 5.92 Å². The topological polar surface area (TPSA) is 58.6 Å². The molecule has 0 radical (unpaired) electrons. The zero-order valence-corrected chi connectivity index (χ0v) is 15.7. The second-order valence-electron chi connectivity index (χ2n) is 6.07. The maximum absolute atomic E-state index is 13.8. The number of halogens is 2. The van der Waals surface area contributed by atoms with Crippen LogP contribution in [0.25, 0.3) is 0 Å². The molecule has 0 saturated carbocycles. The van der Waals surface area contributed by atoms with Crippen LogP contribution in [0.3, 0.4) is 0 Å². The van der Waals surface area contributed by atoms with E-state index in [2.05, 4.69) is 39.4 Å². The van der Waals surface area contributed by atoms with Crippen LogP contribution in [0.2, 0.25) is 0 Å². The summed E-state index contributed by atoms with van der Waals surface area (Å²) in [6.07, 6.45) is -0.229. The van der Waals surface area contributed by atoms with Crippen molar-refractivity contribution in [2.75, 3.05) is 32.8 Å². The van der Waals surface area contributed by atoms with Crippen LogP contribution in [0.4, 0.5) is 4.39 Å². The standard InChI is InChI=1S/C15H22BrFN2O3S/c1-11(2)9-19-5-6-22-13(10-19)8-18-23(20,21)15-7-12(16)3-4-14(15)17/h3-4,7,11,13,18H,5-6,8-10H2,1-2H3. The van der Waals surface area contributed by atoms with Gasteiger partial charge in [-0.15, -0.1) is 0 Å². The number of ether oxygens (including phenoxy) is 1. The van der Waals surface area contributed by atoms with E-state index in [0.717, 1.165) is 19.2 Å². The summed E-state index contributed by atoms with van der Waals surface area (Å²) < 4.78 is 46.8. The molecule has 2 rings (SSSR count). The number of benzene rings is 1. The average Bonchev–Trinajstić information content (AvgIpc) is 2.47. The molecule has 0 bridgehead atoms. The summed E-state index contributed by atoms with van der Waals surface area (Å²) in [5.74, 6) is -0.229. The molecular weight excluding hydrogens is 387 g/mol. The summed E-state index contributed by atoms with van der Waals surface area (Å²) in [4.78, 5) is 1.90. The third-order valence-electron chi connectivity index (χ3n) is 3.53. The molecule has 1 fully saturated rings. The summed E-state index contributed by atoms with van der Waals surface area (Å²) in [6, 6.07) is 3.84. The van der Waals surface area contributed by atoms with Gasteiger partial charge in [0.25, 0.3) is 0 Å². The van der Waals surface area contributed by atoms with E-state index in [1.807, 2.05) is 0 Å². The predicted molar refractivity (Wildman–Crippen MR) is 90.3 cm³/mol. The fraction of sp³-hybridized carbons (Fsp3) is 0.600. The van der Waals surface area contributed by atoms with E-state index >= 15 is 0 Å². The van der Waals surface area contributed by atoms with Gasteiger partial charge >= 0.3 is 0 Å². The van der Waals surface area contributed by atoms with Gasteiger partial charge in [0, 0.05) is 30.7 Å². The molecular formula is C15H22BrFN2O3S. The molecule has 1 aliphatic heterocycles. The Morgan fingerprint density at radius 2 is 2.22 bits per heavy atom. The maximum Gasteiger partial charge on any atom is 0.243 e. The molecule has 23 heavy (non-hydrogen) atoms. The van der Waals surface area contributed by atoms with E-state index in [1.165, 1.54) is 12.1 Å². The minimum atomic E-state index is -3.91. The highest BCUT2D eigenvalue weighted by Gasteiger charge is 2.25. The van der Waals surface area contributed by atoms with Crippen LogP contribution in [-0.2, 0) is 14.8 Å². The van der Waals surface area contributed by atoms with Gasteiger partial charge < -0.3 is 4.74 Å². The number of nitrogens with one attached hydrogen (secondary N) is 1. The molecule has 1 aromatic rings. The zero-order chi connectivity index (χ0) is 17.0. The van der Waals surface area contributed by atoms with Gasteiger partial charge in [0.15, 0.2) is 0 Å². The number of hydrogen-bond acceptors (Lipinski definition) is 4. The molecule has 1 saturated heterocycles. The van der Waals surface area contributed by atoms with Crippen molar-refractivity contribution in [2.45, 2.75) is 24.8 Å². The molecule has 1 unspecified atom stereocenters. The van der Waals surface area contributed by atoms with Crippen LogP contribution in [0.15, 0.2) is 27.6 Å². The number of rotatable bonds is 6. The fourth-order valence-corrected chi connectivity index (χ4v) is 4.23. The van der Waals surface area contributed by atoms with Gasteiger partial charge in [0.1, 0.15) is 10.7 Å². The Hall–Kier alpha value is -0.540. The largest absolute Gasteiger partial charge is 0.374 e. The number of sulfonamides is 1. The lowest BCUT2D eigenvalue weighted by Gasteiger charge is -2.33. The molecule has 8 heteroatoms. The summed E-state index contributed by atoms with van der Waals surface area (Å²) >= 11 is 3.16. The molecule has 0 amide bonds. The van der Waals surface area contributed by atoms with Crippen molar-refractivity contribution in [1.82, 2.24) is 9.62 Å². The second-order valence-corrected chi connectivity index (χ2v) is 8.72.